The van der Waals surface area contributed by atoms with Crippen molar-refractivity contribution in [3.8, 4) is 5.75 Å². The Balaban J connectivity index is 1.70. The molecule has 1 heterocycles. The Labute approximate surface area is 167 Å². The summed E-state index contributed by atoms with van der Waals surface area (Å²) in [5.41, 5.74) is 1.77. The van der Waals surface area contributed by atoms with Crippen molar-refractivity contribution in [2.45, 2.75) is 26.5 Å². The number of esters is 1. The van der Waals surface area contributed by atoms with Gasteiger partial charge in [0.25, 0.3) is 5.91 Å². The minimum Gasteiger partial charge on any atom is -0.497 e. The summed E-state index contributed by atoms with van der Waals surface area (Å²) < 4.78 is 29.4. The van der Waals surface area contributed by atoms with Crippen molar-refractivity contribution in [3.05, 3.63) is 65.2 Å². The number of amides is 1. The van der Waals surface area contributed by atoms with Crippen molar-refractivity contribution >= 4 is 22.8 Å². The molecule has 0 saturated heterocycles. The van der Waals surface area contributed by atoms with Crippen molar-refractivity contribution < 1.29 is 27.9 Å². The lowest BCUT2D eigenvalue weighted by Crippen LogP contribution is -2.37. The molecule has 2 aromatic carbocycles. The molecule has 0 saturated carbocycles. The van der Waals surface area contributed by atoms with Crippen LogP contribution < -0.4 is 4.74 Å². The summed E-state index contributed by atoms with van der Waals surface area (Å²) in [5.74, 6) is -0.819. The molecule has 152 valence electrons. The molecule has 0 radical (unpaired) electrons. The Bertz CT molecular complexity index is 1060. The molecule has 0 fully saturated rings. The van der Waals surface area contributed by atoms with Crippen molar-refractivity contribution in [3.63, 3.8) is 0 Å². The number of rotatable bonds is 6. The average Bonchev–Trinajstić information content (AvgIpc) is 3.03. The van der Waals surface area contributed by atoms with Crippen LogP contribution in [0.5, 0.6) is 5.75 Å². The van der Waals surface area contributed by atoms with Crippen LogP contribution in [0, 0.1) is 12.7 Å². The molecule has 0 N–H and O–H groups in total. The molecule has 7 heteroatoms. The Morgan fingerprint density at radius 1 is 1.21 bits per heavy atom. The summed E-state index contributed by atoms with van der Waals surface area (Å²) in [6, 6.07) is 11.2. The SMILES string of the molecule is COc1ccc2oc(C(=O)O[C@H](C)C(=O)N(C)Cc3cccc(F)c3)c(C)c2c1. The fourth-order valence-corrected chi connectivity index (χ4v) is 3.08. The number of halogens is 1. The van der Waals surface area contributed by atoms with Crippen molar-refractivity contribution in [1.82, 2.24) is 4.90 Å². The van der Waals surface area contributed by atoms with E-state index in [1.165, 1.54) is 24.0 Å². The normalized spacial score (nSPS) is 11.9. The van der Waals surface area contributed by atoms with Gasteiger partial charge in [-0.15, -0.1) is 0 Å². The fourth-order valence-electron chi connectivity index (χ4n) is 3.08. The van der Waals surface area contributed by atoms with Gasteiger partial charge in [0.15, 0.2) is 6.10 Å². The first kappa shape index (κ1) is 20.4. The minimum atomic E-state index is -1.02. The van der Waals surface area contributed by atoms with E-state index in [1.54, 1.807) is 51.4 Å². The molecule has 0 unspecified atom stereocenters. The predicted octanol–water partition coefficient (Wildman–Crippen LogP) is 4.09. The van der Waals surface area contributed by atoms with Crippen LogP contribution in [-0.4, -0.2) is 37.0 Å². The fraction of sp³-hybridized carbons (Fsp3) is 0.273. The molecule has 1 aromatic heterocycles. The van der Waals surface area contributed by atoms with Crippen LogP contribution in [0.1, 0.15) is 28.6 Å². The van der Waals surface area contributed by atoms with Gasteiger partial charge in [-0.05, 0) is 49.7 Å². The highest BCUT2D eigenvalue weighted by molar-refractivity contribution is 5.97. The number of nitrogens with zero attached hydrogens (tertiary/aromatic N) is 1. The number of ether oxygens (including phenoxy) is 2. The van der Waals surface area contributed by atoms with E-state index in [2.05, 4.69) is 0 Å². The molecule has 0 aliphatic rings. The van der Waals surface area contributed by atoms with E-state index in [0.29, 0.717) is 22.5 Å². The summed E-state index contributed by atoms with van der Waals surface area (Å²) >= 11 is 0. The molecule has 3 aromatic rings. The van der Waals surface area contributed by atoms with E-state index >= 15 is 0 Å². The maximum absolute atomic E-state index is 13.3. The Morgan fingerprint density at radius 3 is 2.66 bits per heavy atom. The van der Waals surface area contributed by atoms with Crippen molar-refractivity contribution in [2.24, 2.45) is 0 Å². The zero-order chi connectivity index (χ0) is 21.1. The molecule has 0 spiro atoms. The van der Waals surface area contributed by atoms with E-state index in [0.717, 1.165) is 5.39 Å². The summed E-state index contributed by atoms with van der Waals surface area (Å²) in [5, 5.41) is 0.735. The van der Waals surface area contributed by atoms with E-state index in [-0.39, 0.29) is 18.1 Å². The molecule has 29 heavy (non-hydrogen) atoms. The van der Waals surface area contributed by atoms with Gasteiger partial charge in [0, 0.05) is 24.5 Å². The first-order valence-corrected chi connectivity index (χ1v) is 9.07. The second-order valence-corrected chi connectivity index (χ2v) is 6.79. The van der Waals surface area contributed by atoms with Crippen LogP contribution in [0.4, 0.5) is 4.39 Å². The standard InChI is InChI=1S/C22H22FNO5/c1-13-18-11-17(27-4)8-9-19(18)29-20(13)22(26)28-14(2)21(25)24(3)12-15-6-5-7-16(23)10-15/h5-11,14H,12H2,1-4H3/t14-/m1/s1. The molecule has 0 bridgehead atoms. The predicted molar refractivity (Wildman–Crippen MR) is 105 cm³/mol. The lowest BCUT2D eigenvalue weighted by atomic mass is 10.1. The van der Waals surface area contributed by atoms with Gasteiger partial charge < -0.3 is 18.8 Å². The summed E-state index contributed by atoms with van der Waals surface area (Å²) in [7, 11) is 3.12. The maximum Gasteiger partial charge on any atom is 0.375 e. The second-order valence-electron chi connectivity index (χ2n) is 6.79. The van der Waals surface area contributed by atoms with Gasteiger partial charge in [-0.3, -0.25) is 4.79 Å². The zero-order valence-electron chi connectivity index (χ0n) is 16.7. The van der Waals surface area contributed by atoms with Crippen molar-refractivity contribution in [1.29, 1.82) is 0 Å². The number of benzene rings is 2. The van der Waals surface area contributed by atoms with Gasteiger partial charge in [-0.25, -0.2) is 9.18 Å². The Hall–Kier alpha value is -3.35. The van der Waals surface area contributed by atoms with Gasteiger partial charge in [0.1, 0.15) is 17.1 Å². The first-order chi connectivity index (χ1) is 13.8. The summed E-state index contributed by atoms with van der Waals surface area (Å²) in [6.07, 6.45) is -1.02. The number of furan rings is 1. The smallest absolute Gasteiger partial charge is 0.375 e. The molecule has 0 aliphatic heterocycles. The molecule has 0 aliphatic carbocycles. The van der Waals surface area contributed by atoms with Crippen LogP contribution in [0.3, 0.4) is 0 Å². The molecule has 6 nitrogen and oxygen atoms in total. The largest absolute Gasteiger partial charge is 0.497 e. The minimum absolute atomic E-state index is 0.0423. The molecule has 1 atom stereocenters. The van der Waals surface area contributed by atoms with Gasteiger partial charge in [-0.2, -0.15) is 0 Å². The topological polar surface area (TPSA) is 69.0 Å². The number of fused-ring (bicyclic) bond motifs is 1. The Morgan fingerprint density at radius 2 is 1.97 bits per heavy atom. The number of methoxy groups -OCH3 is 1. The maximum atomic E-state index is 13.3. The van der Waals surface area contributed by atoms with Gasteiger partial charge >= 0.3 is 5.97 Å². The van der Waals surface area contributed by atoms with Crippen LogP contribution >= 0.6 is 0 Å². The highest BCUT2D eigenvalue weighted by Gasteiger charge is 2.26. The van der Waals surface area contributed by atoms with Crippen LogP contribution in [0.25, 0.3) is 11.0 Å². The molecular formula is C22H22FNO5. The lowest BCUT2D eigenvalue weighted by Gasteiger charge is -2.21. The lowest BCUT2D eigenvalue weighted by molar-refractivity contribution is -0.139. The third-order valence-electron chi connectivity index (χ3n) is 4.65. The van der Waals surface area contributed by atoms with E-state index < -0.39 is 18.0 Å². The Kier molecular flexibility index (Phi) is 5.87. The number of hydrogen-bond acceptors (Lipinski definition) is 5. The van der Waals surface area contributed by atoms with Crippen LogP contribution in [0.15, 0.2) is 46.9 Å². The highest BCUT2D eigenvalue weighted by Crippen LogP contribution is 2.29. The second kappa shape index (κ2) is 8.34. The summed E-state index contributed by atoms with van der Waals surface area (Å²) in [4.78, 5) is 26.5. The van der Waals surface area contributed by atoms with Gasteiger partial charge in [0.2, 0.25) is 5.76 Å². The van der Waals surface area contributed by atoms with E-state index in [4.69, 9.17) is 13.9 Å². The third-order valence-corrected chi connectivity index (χ3v) is 4.65. The van der Waals surface area contributed by atoms with Crippen LogP contribution in [-0.2, 0) is 16.1 Å². The number of hydrogen-bond donors (Lipinski definition) is 0. The summed E-state index contributed by atoms with van der Waals surface area (Å²) in [6.45, 7) is 3.43. The number of carbonyl (C=O) groups excluding carboxylic acids is 2. The zero-order valence-corrected chi connectivity index (χ0v) is 16.7. The molecular weight excluding hydrogens is 377 g/mol. The molecule has 1 amide bonds. The van der Waals surface area contributed by atoms with Gasteiger partial charge in [-0.1, -0.05) is 12.1 Å². The number of carbonyl (C=O) groups is 2. The average molecular weight is 399 g/mol. The van der Waals surface area contributed by atoms with E-state index in [9.17, 15) is 14.0 Å². The number of likely N-dealkylation sites (N-methyl/N-ethyl adjacent to an activating group) is 1. The first-order valence-electron chi connectivity index (χ1n) is 9.07. The third kappa shape index (κ3) is 4.39. The van der Waals surface area contributed by atoms with E-state index in [1.807, 2.05) is 0 Å². The monoisotopic (exact) mass is 399 g/mol. The quantitative estimate of drug-likeness (QED) is 0.584. The van der Waals surface area contributed by atoms with Gasteiger partial charge in [0.05, 0.1) is 7.11 Å². The number of aryl methyl sites for hydroxylation is 1. The molecule has 3 rings (SSSR count). The van der Waals surface area contributed by atoms with Crippen molar-refractivity contribution in [2.75, 3.05) is 14.2 Å². The van der Waals surface area contributed by atoms with Crippen LogP contribution in [0.2, 0.25) is 0 Å². The highest BCUT2D eigenvalue weighted by atomic mass is 19.1.